The number of benzene rings is 1. The van der Waals surface area contributed by atoms with Gasteiger partial charge in [0.2, 0.25) is 5.91 Å². The fourth-order valence-electron chi connectivity index (χ4n) is 4.09. The van der Waals surface area contributed by atoms with Gasteiger partial charge in [-0.3, -0.25) is 9.69 Å². The van der Waals surface area contributed by atoms with E-state index in [2.05, 4.69) is 54.1 Å². The molecule has 2 aromatic rings. The summed E-state index contributed by atoms with van der Waals surface area (Å²) in [5.74, 6) is 2.53. The normalized spacial score (nSPS) is 21.9. The lowest BCUT2D eigenvalue weighted by atomic mass is 9.79. The number of carbonyl (C=O) groups excluding carboxylic acids is 1. The second-order valence-electron chi connectivity index (χ2n) is 8.12. The van der Waals surface area contributed by atoms with E-state index in [1.54, 1.807) is 0 Å². The van der Waals surface area contributed by atoms with E-state index in [4.69, 9.17) is 0 Å². The van der Waals surface area contributed by atoms with Crippen molar-refractivity contribution in [2.75, 3.05) is 20.6 Å². The zero-order valence-electron chi connectivity index (χ0n) is 16.4. The van der Waals surface area contributed by atoms with Crippen LogP contribution < -0.4 is 5.32 Å². The molecule has 0 bridgehead atoms. The first-order valence-electron chi connectivity index (χ1n) is 9.61. The number of amides is 1. The van der Waals surface area contributed by atoms with Gasteiger partial charge < -0.3 is 14.8 Å². The predicted octanol–water partition coefficient (Wildman–Crippen LogP) is 1.25. The van der Waals surface area contributed by atoms with E-state index >= 15 is 0 Å². The summed E-state index contributed by atoms with van der Waals surface area (Å²) in [6, 6.07) is 8.67. The van der Waals surface area contributed by atoms with Crippen LogP contribution in [0.1, 0.15) is 41.5 Å². The molecule has 1 aliphatic carbocycles. The molecule has 1 N–H and O–H groups in total. The first kappa shape index (κ1) is 18.1. The number of hydrogen-bond donors (Lipinski definition) is 1. The van der Waals surface area contributed by atoms with Crippen molar-refractivity contribution in [3.8, 4) is 0 Å². The lowest BCUT2D eigenvalue weighted by Crippen LogP contribution is -2.47. The maximum atomic E-state index is 12.4. The van der Waals surface area contributed by atoms with Crippen molar-refractivity contribution >= 4 is 5.91 Å². The van der Waals surface area contributed by atoms with E-state index in [9.17, 15) is 4.79 Å². The quantitative estimate of drug-likeness (QED) is 0.831. The maximum Gasteiger partial charge on any atom is 0.234 e. The van der Waals surface area contributed by atoms with Crippen LogP contribution in [0.3, 0.4) is 0 Å². The van der Waals surface area contributed by atoms with E-state index in [-0.39, 0.29) is 11.9 Å². The third-order valence-electron chi connectivity index (χ3n) is 5.60. The van der Waals surface area contributed by atoms with Gasteiger partial charge in [-0.15, -0.1) is 10.2 Å². The van der Waals surface area contributed by atoms with Crippen molar-refractivity contribution in [3.63, 3.8) is 0 Å². The van der Waals surface area contributed by atoms with Gasteiger partial charge in [-0.2, -0.15) is 0 Å². The van der Waals surface area contributed by atoms with Crippen LogP contribution >= 0.6 is 0 Å². The standard InChI is InChI=1S/C20H28N6O/c1-24(2)12-18-22-23-20(25(18)3)16-8-17(9-16)21-19(27)13-26-10-14-6-4-5-7-15(14)11-26/h4-7,16-17H,8-13H2,1-3H3,(H,21,27). The summed E-state index contributed by atoms with van der Waals surface area (Å²) >= 11 is 0. The van der Waals surface area contributed by atoms with Crippen LogP contribution in [-0.4, -0.2) is 57.2 Å². The van der Waals surface area contributed by atoms with Gasteiger partial charge in [0.25, 0.3) is 0 Å². The maximum absolute atomic E-state index is 12.4. The minimum Gasteiger partial charge on any atom is -0.352 e. The highest BCUT2D eigenvalue weighted by molar-refractivity contribution is 5.78. The third kappa shape index (κ3) is 3.89. The molecule has 7 nitrogen and oxygen atoms in total. The van der Waals surface area contributed by atoms with E-state index in [0.717, 1.165) is 44.1 Å². The first-order chi connectivity index (χ1) is 13.0. The van der Waals surface area contributed by atoms with Gasteiger partial charge in [0.15, 0.2) is 0 Å². The van der Waals surface area contributed by atoms with Gasteiger partial charge in [0.1, 0.15) is 11.6 Å². The minimum atomic E-state index is 0.123. The molecule has 0 unspecified atom stereocenters. The second kappa shape index (κ2) is 7.40. The molecule has 7 heteroatoms. The lowest BCUT2D eigenvalue weighted by Gasteiger charge is -2.35. The summed E-state index contributed by atoms with van der Waals surface area (Å²) in [5.41, 5.74) is 2.68. The monoisotopic (exact) mass is 368 g/mol. The fourth-order valence-corrected chi connectivity index (χ4v) is 4.09. The predicted molar refractivity (Wildman–Crippen MR) is 103 cm³/mol. The van der Waals surface area contributed by atoms with E-state index in [0.29, 0.717) is 12.5 Å². The molecule has 0 atom stereocenters. The summed E-state index contributed by atoms with van der Waals surface area (Å²) in [6.07, 6.45) is 1.89. The first-order valence-corrected chi connectivity index (χ1v) is 9.61. The Labute approximate surface area is 160 Å². The Hall–Kier alpha value is -2.25. The summed E-state index contributed by atoms with van der Waals surface area (Å²) in [4.78, 5) is 16.7. The lowest BCUT2D eigenvalue weighted by molar-refractivity contribution is -0.123. The highest BCUT2D eigenvalue weighted by atomic mass is 16.2. The second-order valence-corrected chi connectivity index (χ2v) is 8.12. The van der Waals surface area contributed by atoms with Gasteiger partial charge in [0, 0.05) is 32.1 Å². The average Bonchev–Trinajstić information content (AvgIpc) is 3.14. The topological polar surface area (TPSA) is 66.3 Å². The van der Waals surface area contributed by atoms with Crippen molar-refractivity contribution < 1.29 is 4.79 Å². The molecule has 2 heterocycles. The Balaban J connectivity index is 1.24. The molecule has 2 aliphatic rings. The number of rotatable bonds is 6. The Morgan fingerprint density at radius 3 is 2.48 bits per heavy atom. The van der Waals surface area contributed by atoms with Gasteiger partial charge in [-0.25, -0.2) is 0 Å². The van der Waals surface area contributed by atoms with Crippen LogP contribution in [0.2, 0.25) is 0 Å². The van der Waals surface area contributed by atoms with Crippen LogP contribution in [0, 0.1) is 0 Å². The summed E-state index contributed by atoms with van der Waals surface area (Å²) in [6.45, 7) is 2.98. The highest BCUT2D eigenvalue weighted by Crippen LogP contribution is 2.36. The summed E-state index contributed by atoms with van der Waals surface area (Å²) in [5, 5.41) is 11.9. The molecule has 1 aromatic carbocycles. The molecule has 1 aromatic heterocycles. The van der Waals surface area contributed by atoms with E-state index in [1.807, 2.05) is 21.1 Å². The summed E-state index contributed by atoms with van der Waals surface area (Å²) in [7, 11) is 6.09. The number of fused-ring (bicyclic) bond motifs is 1. The molecular formula is C20H28N6O. The largest absolute Gasteiger partial charge is 0.352 e. The van der Waals surface area contributed by atoms with Crippen molar-refractivity contribution in [1.29, 1.82) is 0 Å². The van der Waals surface area contributed by atoms with Gasteiger partial charge in [0.05, 0.1) is 13.1 Å². The minimum absolute atomic E-state index is 0.123. The van der Waals surface area contributed by atoms with Gasteiger partial charge in [-0.1, -0.05) is 24.3 Å². The number of hydrogen-bond acceptors (Lipinski definition) is 5. The Morgan fingerprint density at radius 2 is 1.85 bits per heavy atom. The summed E-state index contributed by atoms with van der Waals surface area (Å²) < 4.78 is 2.10. The fraction of sp³-hybridized carbons (Fsp3) is 0.550. The molecule has 0 spiro atoms. The molecule has 1 aliphatic heterocycles. The van der Waals surface area contributed by atoms with Crippen LogP contribution in [0.15, 0.2) is 24.3 Å². The van der Waals surface area contributed by atoms with Crippen molar-refractivity contribution in [3.05, 3.63) is 47.0 Å². The zero-order valence-corrected chi connectivity index (χ0v) is 16.4. The molecular weight excluding hydrogens is 340 g/mol. The highest BCUT2D eigenvalue weighted by Gasteiger charge is 2.35. The van der Waals surface area contributed by atoms with Crippen molar-refractivity contribution in [2.45, 2.75) is 44.4 Å². The SMILES string of the molecule is CN(C)Cc1nnc(C2CC(NC(=O)CN3Cc4ccccc4C3)C2)n1C. The Bertz CT molecular complexity index is 799. The van der Waals surface area contributed by atoms with Crippen molar-refractivity contribution in [2.24, 2.45) is 7.05 Å². The smallest absolute Gasteiger partial charge is 0.234 e. The molecule has 27 heavy (non-hydrogen) atoms. The van der Waals surface area contributed by atoms with Crippen LogP contribution in [0.25, 0.3) is 0 Å². The van der Waals surface area contributed by atoms with Crippen LogP contribution in [0.4, 0.5) is 0 Å². The third-order valence-corrected chi connectivity index (χ3v) is 5.60. The van der Waals surface area contributed by atoms with Gasteiger partial charge in [-0.05, 0) is 38.1 Å². The van der Waals surface area contributed by atoms with Crippen LogP contribution in [0.5, 0.6) is 0 Å². The molecule has 0 radical (unpaired) electrons. The van der Waals surface area contributed by atoms with E-state index in [1.165, 1.54) is 11.1 Å². The number of nitrogens with one attached hydrogen (secondary N) is 1. The molecule has 1 saturated carbocycles. The Morgan fingerprint density at radius 1 is 1.19 bits per heavy atom. The number of carbonyl (C=O) groups is 1. The van der Waals surface area contributed by atoms with Gasteiger partial charge >= 0.3 is 0 Å². The molecule has 1 amide bonds. The van der Waals surface area contributed by atoms with Crippen LogP contribution in [-0.2, 0) is 31.5 Å². The molecule has 1 fully saturated rings. The number of nitrogens with zero attached hydrogens (tertiary/aromatic N) is 5. The molecule has 144 valence electrons. The van der Waals surface area contributed by atoms with Crippen molar-refractivity contribution in [1.82, 2.24) is 29.9 Å². The number of aromatic nitrogens is 3. The average molecular weight is 368 g/mol. The molecule has 4 rings (SSSR count). The van der Waals surface area contributed by atoms with E-state index < -0.39 is 0 Å². The molecule has 0 saturated heterocycles. The Kier molecular flexibility index (Phi) is 4.97. The zero-order chi connectivity index (χ0) is 19.0.